The first-order chi connectivity index (χ1) is 10.1. The third-order valence-electron chi connectivity index (χ3n) is 4.90. The minimum absolute atomic E-state index is 0.100. The van der Waals surface area contributed by atoms with Crippen LogP contribution in [0.4, 0.5) is 0 Å². The van der Waals surface area contributed by atoms with Crippen LogP contribution in [0.25, 0.3) is 0 Å². The van der Waals surface area contributed by atoms with Crippen molar-refractivity contribution in [3.63, 3.8) is 0 Å². The molecule has 4 atom stereocenters. The number of rotatable bonds is 3. The summed E-state index contributed by atoms with van der Waals surface area (Å²) in [6.45, 7) is 15.6. The second kappa shape index (κ2) is 7.78. The van der Waals surface area contributed by atoms with Gasteiger partial charge in [-0.3, -0.25) is 0 Å². The van der Waals surface area contributed by atoms with Crippen molar-refractivity contribution < 1.29 is 9.47 Å². The molecule has 1 spiro atoms. The highest BCUT2D eigenvalue weighted by Gasteiger charge is 2.67. The van der Waals surface area contributed by atoms with E-state index >= 15 is 0 Å². The number of hydrogen-bond donors (Lipinski definition) is 0. The molecule has 2 unspecified atom stereocenters. The van der Waals surface area contributed by atoms with Crippen LogP contribution in [-0.2, 0) is 9.47 Å². The monoisotopic (exact) mass is 296 g/mol. The zero-order valence-electron chi connectivity index (χ0n) is 15.3. The molecular formula is C19H36O2. The maximum Gasteiger partial charge on any atom is 0.0979 e. The van der Waals surface area contributed by atoms with Gasteiger partial charge in [0.15, 0.2) is 0 Å². The molecule has 1 aliphatic carbocycles. The smallest absolute Gasteiger partial charge is 0.0979 e. The Labute approximate surface area is 132 Å². The fourth-order valence-electron chi connectivity index (χ4n) is 3.66. The Balaban J connectivity index is 0.000000510. The van der Waals surface area contributed by atoms with Gasteiger partial charge in [-0.2, -0.15) is 0 Å². The number of allylic oxidation sites excluding steroid dienone is 1. The highest BCUT2D eigenvalue weighted by molar-refractivity contribution is 5.16. The molecule has 2 heterocycles. The normalized spacial score (nSPS) is 39.4. The molecule has 2 aliphatic heterocycles. The summed E-state index contributed by atoms with van der Waals surface area (Å²) in [5.41, 5.74) is 1.71. The van der Waals surface area contributed by atoms with Gasteiger partial charge < -0.3 is 9.47 Å². The summed E-state index contributed by atoms with van der Waals surface area (Å²) in [5, 5.41) is 0. The molecule has 0 N–H and O–H groups in total. The predicted octanol–water partition coefficient (Wildman–Crippen LogP) is 5.51. The quantitative estimate of drug-likeness (QED) is 0.506. The molecule has 0 bridgehead atoms. The Morgan fingerprint density at radius 3 is 2.29 bits per heavy atom. The van der Waals surface area contributed by atoms with Gasteiger partial charge in [-0.15, -0.1) is 0 Å². The Morgan fingerprint density at radius 1 is 1.14 bits per heavy atom. The van der Waals surface area contributed by atoms with Crippen molar-refractivity contribution in [3.8, 4) is 0 Å². The Kier molecular flexibility index (Phi) is 6.93. The fourth-order valence-corrected chi connectivity index (χ4v) is 3.66. The van der Waals surface area contributed by atoms with Gasteiger partial charge in [-0.1, -0.05) is 52.2 Å². The standard InChI is InChI=1S/C15H24O2.2C2H6/c1-11(2)7-8-13-14(3,17-13)12-6-4-5-9-15(12)10-16-15;2*1-2/h7,12-13H,4-6,8-10H2,1-3H3;2*1-2H3/t12?,13-,14-,15?;;/m1../s1. The average molecular weight is 296 g/mol. The fraction of sp³-hybridized carbons (Fsp3) is 0.895. The van der Waals surface area contributed by atoms with Gasteiger partial charge in [0, 0.05) is 5.92 Å². The van der Waals surface area contributed by atoms with Crippen LogP contribution in [0.1, 0.15) is 80.6 Å². The molecule has 2 saturated heterocycles. The van der Waals surface area contributed by atoms with Gasteiger partial charge in [-0.05, 0) is 40.0 Å². The van der Waals surface area contributed by atoms with E-state index in [1.165, 1.54) is 31.3 Å². The molecule has 2 nitrogen and oxygen atoms in total. The van der Waals surface area contributed by atoms with E-state index in [4.69, 9.17) is 9.47 Å². The van der Waals surface area contributed by atoms with Crippen LogP contribution in [0, 0.1) is 5.92 Å². The summed E-state index contributed by atoms with van der Waals surface area (Å²) in [4.78, 5) is 0. The lowest BCUT2D eigenvalue weighted by atomic mass is 9.71. The van der Waals surface area contributed by atoms with Crippen LogP contribution in [-0.4, -0.2) is 23.9 Å². The molecule has 0 radical (unpaired) electrons. The van der Waals surface area contributed by atoms with Gasteiger partial charge >= 0.3 is 0 Å². The van der Waals surface area contributed by atoms with Crippen LogP contribution in [0.15, 0.2) is 11.6 Å². The lowest BCUT2D eigenvalue weighted by molar-refractivity contribution is 0.0886. The highest BCUT2D eigenvalue weighted by Crippen LogP contribution is 2.58. The maximum atomic E-state index is 6.05. The maximum absolute atomic E-state index is 6.05. The lowest BCUT2D eigenvalue weighted by Crippen LogP contribution is -2.39. The summed E-state index contributed by atoms with van der Waals surface area (Å²) in [5.74, 6) is 0.638. The van der Waals surface area contributed by atoms with E-state index in [1.807, 2.05) is 27.7 Å². The minimum Gasteiger partial charge on any atom is -0.369 e. The Morgan fingerprint density at radius 2 is 1.76 bits per heavy atom. The molecule has 0 aromatic carbocycles. The van der Waals surface area contributed by atoms with E-state index in [9.17, 15) is 0 Å². The first-order valence-electron chi connectivity index (χ1n) is 9.02. The van der Waals surface area contributed by atoms with Gasteiger partial charge in [-0.25, -0.2) is 0 Å². The number of epoxide rings is 2. The highest BCUT2D eigenvalue weighted by atomic mass is 16.6. The SMILES string of the molecule is CC.CC.CC(C)=CC[C@H]1O[C@]1(C)C1CCCCC12CO2. The second-order valence-corrected chi connectivity index (χ2v) is 6.46. The van der Waals surface area contributed by atoms with Gasteiger partial charge in [0.25, 0.3) is 0 Å². The van der Waals surface area contributed by atoms with E-state index in [2.05, 4.69) is 26.8 Å². The van der Waals surface area contributed by atoms with Crippen molar-refractivity contribution >= 4 is 0 Å². The van der Waals surface area contributed by atoms with E-state index in [0.717, 1.165) is 13.0 Å². The first-order valence-corrected chi connectivity index (χ1v) is 9.02. The number of ether oxygens (including phenoxy) is 2. The molecule has 1 saturated carbocycles. The van der Waals surface area contributed by atoms with E-state index in [0.29, 0.717) is 12.0 Å². The van der Waals surface area contributed by atoms with E-state index < -0.39 is 0 Å². The molecule has 0 amide bonds. The van der Waals surface area contributed by atoms with Gasteiger partial charge in [0.1, 0.15) is 0 Å². The third kappa shape index (κ3) is 4.10. The molecule has 3 rings (SSSR count). The zero-order chi connectivity index (χ0) is 16.1. The van der Waals surface area contributed by atoms with Crippen molar-refractivity contribution in [3.05, 3.63) is 11.6 Å². The average Bonchev–Trinajstić information content (AvgIpc) is 3.41. The van der Waals surface area contributed by atoms with Crippen molar-refractivity contribution in [2.75, 3.05) is 6.61 Å². The van der Waals surface area contributed by atoms with Crippen LogP contribution < -0.4 is 0 Å². The predicted molar refractivity (Wildman–Crippen MR) is 90.7 cm³/mol. The van der Waals surface area contributed by atoms with Gasteiger partial charge in [0.2, 0.25) is 0 Å². The summed E-state index contributed by atoms with van der Waals surface area (Å²) >= 11 is 0. The van der Waals surface area contributed by atoms with Crippen molar-refractivity contribution in [1.82, 2.24) is 0 Å². The second-order valence-electron chi connectivity index (χ2n) is 6.46. The van der Waals surface area contributed by atoms with Crippen LogP contribution in [0.2, 0.25) is 0 Å². The molecule has 21 heavy (non-hydrogen) atoms. The molecule has 3 aliphatic rings. The third-order valence-corrected chi connectivity index (χ3v) is 4.90. The van der Waals surface area contributed by atoms with Crippen LogP contribution in [0.5, 0.6) is 0 Å². The summed E-state index contributed by atoms with van der Waals surface area (Å²) < 4.78 is 11.8. The summed E-state index contributed by atoms with van der Waals surface area (Å²) in [6, 6.07) is 0. The minimum atomic E-state index is 0.100. The van der Waals surface area contributed by atoms with Crippen molar-refractivity contribution in [1.29, 1.82) is 0 Å². The van der Waals surface area contributed by atoms with Crippen LogP contribution >= 0.6 is 0 Å². The van der Waals surface area contributed by atoms with E-state index in [-0.39, 0.29) is 11.2 Å². The molecule has 124 valence electrons. The Hall–Kier alpha value is -0.340. The lowest BCUT2D eigenvalue weighted by Gasteiger charge is -2.32. The van der Waals surface area contributed by atoms with Crippen molar-refractivity contribution in [2.45, 2.75) is 97.9 Å². The van der Waals surface area contributed by atoms with Crippen molar-refractivity contribution in [2.24, 2.45) is 5.92 Å². The summed E-state index contributed by atoms with van der Waals surface area (Å²) in [6.07, 6.45) is 9.05. The molecule has 0 aromatic heterocycles. The molecule has 3 fully saturated rings. The topological polar surface area (TPSA) is 25.1 Å². The molecular weight excluding hydrogens is 260 g/mol. The van der Waals surface area contributed by atoms with Gasteiger partial charge in [0.05, 0.1) is 23.9 Å². The largest absolute Gasteiger partial charge is 0.369 e. The Bertz CT molecular complexity index is 339. The zero-order valence-corrected chi connectivity index (χ0v) is 15.3. The van der Waals surface area contributed by atoms with E-state index in [1.54, 1.807) is 0 Å². The molecule has 2 heteroatoms. The number of hydrogen-bond acceptors (Lipinski definition) is 2. The van der Waals surface area contributed by atoms with Crippen LogP contribution in [0.3, 0.4) is 0 Å². The molecule has 0 aromatic rings. The summed E-state index contributed by atoms with van der Waals surface area (Å²) in [7, 11) is 0. The first kappa shape index (κ1) is 18.7.